The predicted molar refractivity (Wildman–Crippen MR) is 62.1 cm³/mol. The van der Waals surface area contributed by atoms with Crippen molar-refractivity contribution >= 4 is 33.8 Å². The minimum absolute atomic E-state index is 0.581. The molecule has 0 heterocycles. The SMILES string of the molecule is O=Cc1ccc(Cl)c(C#CCCBr)c1. The van der Waals surface area contributed by atoms with Crippen molar-refractivity contribution in [3.8, 4) is 11.8 Å². The van der Waals surface area contributed by atoms with Crippen molar-refractivity contribution in [1.29, 1.82) is 0 Å². The van der Waals surface area contributed by atoms with Gasteiger partial charge < -0.3 is 0 Å². The molecule has 0 saturated carbocycles. The van der Waals surface area contributed by atoms with Gasteiger partial charge in [-0.2, -0.15) is 0 Å². The highest BCUT2D eigenvalue weighted by Gasteiger charge is 1.97. The van der Waals surface area contributed by atoms with Gasteiger partial charge in [0.05, 0.1) is 5.02 Å². The van der Waals surface area contributed by atoms with E-state index in [4.69, 9.17) is 11.6 Å². The minimum atomic E-state index is 0.581. The number of hydrogen-bond acceptors (Lipinski definition) is 1. The highest BCUT2D eigenvalue weighted by atomic mass is 79.9. The van der Waals surface area contributed by atoms with Gasteiger partial charge in [-0.1, -0.05) is 45.4 Å². The van der Waals surface area contributed by atoms with E-state index in [1.807, 2.05) is 0 Å². The van der Waals surface area contributed by atoms with E-state index < -0.39 is 0 Å². The second-order valence-electron chi connectivity index (χ2n) is 2.60. The molecule has 0 aliphatic heterocycles. The van der Waals surface area contributed by atoms with Crippen LogP contribution in [-0.2, 0) is 0 Å². The molecule has 0 unspecified atom stereocenters. The molecule has 0 aromatic heterocycles. The number of alkyl halides is 1. The molecule has 0 spiro atoms. The first kappa shape index (κ1) is 11.3. The number of benzene rings is 1. The normalized spacial score (nSPS) is 9.00. The summed E-state index contributed by atoms with van der Waals surface area (Å²) in [6.07, 6.45) is 1.55. The fraction of sp³-hybridized carbons (Fsp3) is 0.182. The number of halogens is 2. The molecule has 0 aliphatic rings. The van der Waals surface area contributed by atoms with Crippen LogP contribution in [0, 0.1) is 11.8 Å². The molecule has 0 fully saturated rings. The molecule has 0 atom stereocenters. The van der Waals surface area contributed by atoms with Crippen molar-refractivity contribution < 1.29 is 4.79 Å². The highest BCUT2D eigenvalue weighted by molar-refractivity contribution is 9.09. The molecule has 0 N–H and O–H groups in total. The second-order valence-corrected chi connectivity index (χ2v) is 3.80. The Bertz CT molecular complexity index is 390. The molecule has 0 amide bonds. The summed E-state index contributed by atoms with van der Waals surface area (Å²) in [4.78, 5) is 10.5. The zero-order valence-electron chi connectivity index (χ0n) is 7.39. The van der Waals surface area contributed by atoms with Gasteiger partial charge in [-0.3, -0.25) is 4.79 Å². The van der Waals surface area contributed by atoms with Gasteiger partial charge in [0.15, 0.2) is 0 Å². The molecular formula is C11H8BrClO. The maximum atomic E-state index is 10.5. The van der Waals surface area contributed by atoms with Gasteiger partial charge in [-0.05, 0) is 12.1 Å². The Morgan fingerprint density at radius 3 is 2.93 bits per heavy atom. The van der Waals surface area contributed by atoms with Crippen molar-refractivity contribution in [2.24, 2.45) is 0 Å². The van der Waals surface area contributed by atoms with Crippen LogP contribution in [0.4, 0.5) is 0 Å². The van der Waals surface area contributed by atoms with E-state index in [0.29, 0.717) is 16.1 Å². The Balaban J connectivity index is 2.96. The van der Waals surface area contributed by atoms with Crippen LogP contribution in [0.1, 0.15) is 22.3 Å². The lowest BCUT2D eigenvalue weighted by molar-refractivity contribution is 0.112. The molecule has 1 nitrogen and oxygen atoms in total. The van der Waals surface area contributed by atoms with Crippen LogP contribution in [0.5, 0.6) is 0 Å². The van der Waals surface area contributed by atoms with Crippen molar-refractivity contribution in [3.63, 3.8) is 0 Å². The molecule has 1 rings (SSSR count). The van der Waals surface area contributed by atoms with Crippen LogP contribution in [-0.4, -0.2) is 11.6 Å². The first-order chi connectivity index (χ1) is 6.77. The third-order valence-corrected chi connectivity index (χ3v) is 2.30. The third-order valence-electron chi connectivity index (χ3n) is 1.57. The van der Waals surface area contributed by atoms with Gasteiger partial charge in [0, 0.05) is 22.9 Å². The summed E-state index contributed by atoms with van der Waals surface area (Å²) in [5.41, 5.74) is 1.30. The molecule has 0 radical (unpaired) electrons. The topological polar surface area (TPSA) is 17.1 Å². The van der Waals surface area contributed by atoms with E-state index in [2.05, 4.69) is 27.8 Å². The zero-order valence-corrected chi connectivity index (χ0v) is 9.73. The summed E-state index contributed by atoms with van der Waals surface area (Å²) in [6.45, 7) is 0. The van der Waals surface area contributed by atoms with Gasteiger partial charge >= 0.3 is 0 Å². The third kappa shape index (κ3) is 3.17. The number of aldehydes is 1. The molecule has 1 aromatic rings. The van der Waals surface area contributed by atoms with Crippen molar-refractivity contribution in [3.05, 3.63) is 34.3 Å². The molecule has 0 saturated heterocycles. The standard InChI is InChI=1S/C11H8BrClO/c12-6-2-1-3-10-7-9(8-14)4-5-11(10)13/h4-5,7-8H,2,6H2. The fourth-order valence-electron chi connectivity index (χ4n) is 0.917. The largest absolute Gasteiger partial charge is 0.298 e. The van der Waals surface area contributed by atoms with Gasteiger partial charge in [-0.15, -0.1) is 0 Å². The van der Waals surface area contributed by atoms with Crippen LogP contribution in [0.3, 0.4) is 0 Å². The van der Waals surface area contributed by atoms with E-state index in [-0.39, 0.29) is 0 Å². The Hall–Kier alpha value is -0.780. The quantitative estimate of drug-likeness (QED) is 0.458. The number of carbonyl (C=O) groups is 1. The van der Waals surface area contributed by atoms with E-state index in [1.165, 1.54) is 0 Å². The number of hydrogen-bond donors (Lipinski definition) is 0. The maximum Gasteiger partial charge on any atom is 0.150 e. The van der Waals surface area contributed by atoms with Crippen LogP contribution >= 0.6 is 27.5 Å². The van der Waals surface area contributed by atoms with Gasteiger partial charge in [0.2, 0.25) is 0 Å². The van der Waals surface area contributed by atoms with E-state index in [0.717, 1.165) is 18.0 Å². The Morgan fingerprint density at radius 2 is 2.29 bits per heavy atom. The average molecular weight is 272 g/mol. The Morgan fingerprint density at radius 1 is 1.50 bits per heavy atom. The lowest BCUT2D eigenvalue weighted by atomic mass is 10.1. The summed E-state index contributed by atoms with van der Waals surface area (Å²) in [6, 6.07) is 5.05. The minimum Gasteiger partial charge on any atom is -0.298 e. The Kier molecular flexibility index (Phi) is 4.72. The zero-order chi connectivity index (χ0) is 10.4. The van der Waals surface area contributed by atoms with Gasteiger partial charge in [0.25, 0.3) is 0 Å². The van der Waals surface area contributed by atoms with Gasteiger partial charge in [-0.25, -0.2) is 0 Å². The second kappa shape index (κ2) is 5.85. The summed E-state index contributed by atoms with van der Waals surface area (Å²) in [5, 5.41) is 1.42. The molecule has 3 heteroatoms. The van der Waals surface area contributed by atoms with Crippen LogP contribution in [0.2, 0.25) is 5.02 Å². The van der Waals surface area contributed by atoms with Crippen molar-refractivity contribution in [2.45, 2.75) is 6.42 Å². The van der Waals surface area contributed by atoms with Crippen molar-refractivity contribution in [2.75, 3.05) is 5.33 Å². The average Bonchev–Trinajstić information content (AvgIpc) is 2.21. The first-order valence-electron chi connectivity index (χ1n) is 4.07. The molecular weight excluding hydrogens is 263 g/mol. The lowest BCUT2D eigenvalue weighted by Crippen LogP contribution is -1.83. The van der Waals surface area contributed by atoms with Crippen molar-refractivity contribution in [1.82, 2.24) is 0 Å². The maximum absolute atomic E-state index is 10.5. The monoisotopic (exact) mass is 270 g/mol. The smallest absolute Gasteiger partial charge is 0.150 e. The van der Waals surface area contributed by atoms with E-state index in [9.17, 15) is 4.79 Å². The van der Waals surface area contributed by atoms with Crippen LogP contribution < -0.4 is 0 Å². The molecule has 0 bridgehead atoms. The molecule has 0 aliphatic carbocycles. The molecule has 72 valence electrons. The first-order valence-corrected chi connectivity index (χ1v) is 5.57. The van der Waals surface area contributed by atoms with E-state index in [1.54, 1.807) is 18.2 Å². The summed E-state index contributed by atoms with van der Waals surface area (Å²) < 4.78 is 0. The molecule has 14 heavy (non-hydrogen) atoms. The number of carbonyl (C=O) groups excluding carboxylic acids is 1. The molecule has 1 aromatic carbocycles. The van der Waals surface area contributed by atoms with E-state index >= 15 is 0 Å². The van der Waals surface area contributed by atoms with Crippen LogP contribution in [0.25, 0.3) is 0 Å². The summed E-state index contributed by atoms with van der Waals surface area (Å²) >= 11 is 9.18. The fourth-order valence-corrected chi connectivity index (χ4v) is 1.28. The van der Waals surface area contributed by atoms with Gasteiger partial charge in [0.1, 0.15) is 6.29 Å². The summed E-state index contributed by atoms with van der Waals surface area (Å²) in [5.74, 6) is 5.86. The highest BCUT2D eigenvalue weighted by Crippen LogP contribution is 2.15. The lowest BCUT2D eigenvalue weighted by Gasteiger charge is -1.96. The number of rotatable bonds is 2. The Labute approximate surface area is 96.6 Å². The summed E-state index contributed by atoms with van der Waals surface area (Å²) in [7, 11) is 0. The predicted octanol–water partition coefficient (Wildman–Crippen LogP) is 3.29. The van der Waals surface area contributed by atoms with Crippen LogP contribution in [0.15, 0.2) is 18.2 Å².